The van der Waals surface area contributed by atoms with Crippen molar-refractivity contribution in [1.29, 1.82) is 0 Å². The fraction of sp³-hybridized carbons (Fsp3) is 0. The average Bonchev–Trinajstić information content (AvgIpc) is 3.31. The van der Waals surface area contributed by atoms with Crippen molar-refractivity contribution in [2.24, 2.45) is 5.10 Å². The predicted octanol–water partition coefficient (Wildman–Crippen LogP) is 2.41. The molecule has 0 aliphatic carbocycles. The summed E-state index contributed by atoms with van der Waals surface area (Å²) in [5, 5.41) is 16.5. The molecule has 0 spiro atoms. The van der Waals surface area contributed by atoms with E-state index in [0.717, 1.165) is 22.5 Å². The van der Waals surface area contributed by atoms with Gasteiger partial charge in [-0.2, -0.15) is 10.2 Å². The number of nitrogens with zero attached hydrogens (tertiary/aromatic N) is 7. The Labute approximate surface area is 137 Å². The van der Waals surface area contributed by atoms with Crippen LogP contribution in [0.25, 0.3) is 16.9 Å². The third kappa shape index (κ3) is 2.82. The third-order valence-electron chi connectivity index (χ3n) is 3.43. The summed E-state index contributed by atoms with van der Waals surface area (Å²) in [4.78, 5) is 4.18. The second kappa shape index (κ2) is 6.25. The Morgan fingerprint density at radius 1 is 0.958 bits per heavy atom. The summed E-state index contributed by atoms with van der Waals surface area (Å²) in [5.74, 6) is 0. The predicted molar refractivity (Wildman–Crippen MR) is 89.8 cm³/mol. The number of para-hydroxylation sites is 1. The molecule has 4 rings (SSSR count). The monoisotopic (exact) mass is 315 g/mol. The van der Waals surface area contributed by atoms with Crippen LogP contribution in [0.15, 0.2) is 78.8 Å². The van der Waals surface area contributed by atoms with E-state index in [2.05, 4.69) is 20.3 Å². The molecule has 4 aromatic rings. The van der Waals surface area contributed by atoms with Crippen molar-refractivity contribution >= 4 is 6.21 Å². The van der Waals surface area contributed by atoms with Gasteiger partial charge in [0.05, 0.1) is 11.9 Å². The van der Waals surface area contributed by atoms with Crippen molar-refractivity contribution in [3.63, 3.8) is 0 Å². The second-order valence-corrected chi connectivity index (χ2v) is 5.04. The molecule has 0 amide bonds. The first-order chi connectivity index (χ1) is 11.9. The molecule has 1 aromatic carbocycles. The Balaban J connectivity index is 1.80. The van der Waals surface area contributed by atoms with Crippen LogP contribution in [-0.2, 0) is 0 Å². The molecule has 7 heteroatoms. The van der Waals surface area contributed by atoms with Crippen LogP contribution in [0.5, 0.6) is 0 Å². The zero-order valence-corrected chi connectivity index (χ0v) is 12.6. The van der Waals surface area contributed by atoms with Gasteiger partial charge in [0.1, 0.15) is 18.3 Å². The molecule has 0 saturated heterocycles. The Kier molecular flexibility index (Phi) is 3.65. The highest BCUT2D eigenvalue weighted by molar-refractivity contribution is 5.88. The van der Waals surface area contributed by atoms with Gasteiger partial charge in [-0.15, -0.1) is 10.2 Å². The molecule has 0 N–H and O–H groups in total. The molecule has 0 fully saturated rings. The number of hydrogen-bond donors (Lipinski definition) is 0. The minimum atomic E-state index is 0.809. The van der Waals surface area contributed by atoms with Crippen LogP contribution in [0.4, 0.5) is 0 Å². The lowest BCUT2D eigenvalue weighted by Gasteiger charge is -1.99. The van der Waals surface area contributed by atoms with Crippen LogP contribution >= 0.6 is 0 Å². The van der Waals surface area contributed by atoms with Crippen molar-refractivity contribution < 1.29 is 0 Å². The van der Waals surface area contributed by atoms with Crippen molar-refractivity contribution in [3.8, 4) is 16.9 Å². The molecule has 0 aliphatic rings. The van der Waals surface area contributed by atoms with Crippen LogP contribution in [0, 0.1) is 0 Å². The van der Waals surface area contributed by atoms with E-state index in [4.69, 9.17) is 5.10 Å². The molecular weight excluding hydrogens is 302 g/mol. The molecule has 24 heavy (non-hydrogen) atoms. The first kappa shape index (κ1) is 14.0. The second-order valence-electron chi connectivity index (χ2n) is 5.04. The van der Waals surface area contributed by atoms with E-state index < -0.39 is 0 Å². The number of hydrogen-bond acceptors (Lipinski definition) is 5. The van der Waals surface area contributed by atoms with E-state index in [1.807, 2.05) is 53.3 Å². The standard InChI is InChI=1S/C17H13N7/c1-2-6-16(7-3-1)24-11-15(10-21-23-12-19-20-13-23)17(22-24)14-5-4-8-18-9-14/h1-13H/b21-10-. The molecule has 3 heterocycles. The number of benzene rings is 1. The molecule has 0 bridgehead atoms. The molecule has 0 atom stereocenters. The lowest BCUT2D eigenvalue weighted by molar-refractivity contribution is 0.877. The van der Waals surface area contributed by atoms with Gasteiger partial charge in [0, 0.05) is 29.7 Å². The van der Waals surface area contributed by atoms with E-state index in [0.29, 0.717) is 0 Å². The average molecular weight is 315 g/mol. The zero-order chi connectivity index (χ0) is 16.2. The van der Waals surface area contributed by atoms with Gasteiger partial charge in [-0.25, -0.2) is 9.36 Å². The molecule has 0 saturated carbocycles. The van der Waals surface area contributed by atoms with Gasteiger partial charge in [0.15, 0.2) is 0 Å². The minimum Gasteiger partial charge on any atom is -0.264 e. The fourth-order valence-electron chi connectivity index (χ4n) is 2.31. The summed E-state index contributed by atoms with van der Waals surface area (Å²) in [7, 11) is 0. The van der Waals surface area contributed by atoms with Crippen LogP contribution in [0.3, 0.4) is 0 Å². The van der Waals surface area contributed by atoms with Gasteiger partial charge >= 0.3 is 0 Å². The molecule has 116 valence electrons. The summed E-state index contributed by atoms with van der Waals surface area (Å²) in [6, 6.07) is 13.8. The summed E-state index contributed by atoms with van der Waals surface area (Å²) >= 11 is 0. The number of pyridine rings is 1. The Hall–Kier alpha value is -3.61. The Bertz CT molecular complexity index is 941. The van der Waals surface area contributed by atoms with Gasteiger partial charge in [0.2, 0.25) is 0 Å². The minimum absolute atomic E-state index is 0.809. The maximum absolute atomic E-state index is 4.70. The highest BCUT2D eigenvalue weighted by atomic mass is 15.4. The van der Waals surface area contributed by atoms with Gasteiger partial charge in [0.25, 0.3) is 0 Å². The molecule has 3 aromatic heterocycles. The van der Waals surface area contributed by atoms with Crippen LogP contribution < -0.4 is 0 Å². The maximum Gasteiger partial charge on any atom is 0.141 e. The molecule has 0 radical (unpaired) electrons. The van der Waals surface area contributed by atoms with E-state index in [1.165, 1.54) is 17.3 Å². The molecule has 0 aliphatic heterocycles. The lowest BCUT2D eigenvalue weighted by Crippen LogP contribution is -1.94. The van der Waals surface area contributed by atoms with Crippen LogP contribution in [-0.4, -0.2) is 35.9 Å². The van der Waals surface area contributed by atoms with Crippen molar-refractivity contribution in [2.45, 2.75) is 0 Å². The van der Waals surface area contributed by atoms with Gasteiger partial charge in [-0.1, -0.05) is 18.2 Å². The fourth-order valence-corrected chi connectivity index (χ4v) is 2.31. The number of aromatic nitrogens is 6. The first-order valence-corrected chi connectivity index (χ1v) is 7.34. The largest absolute Gasteiger partial charge is 0.264 e. The summed E-state index contributed by atoms with van der Waals surface area (Å²) in [5.41, 5.74) is 3.59. The van der Waals surface area contributed by atoms with Crippen LogP contribution in [0.1, 0.15) is 5.56 Å². The van der Waals surface area contributed by atoms with Gasteiger partial charge in [-0.3, -0.25) is 4.98 Å². The van der Waals surface area contributed by atoms with Crippen molar-refractivity contribution in [1.82, 2.24) is 29.6 Å². The molecular formula is C17H13N7. The quantitative estimate of drug-likeness (QED) is 0.542. The summed E-state index contributed by atoms with van der Waals surface area (Å²) in [6.07, 6.45) is 10.3. The third-order valence-corrected chi connectivity index (χ3v) is 3.43. The Morgan fingerprint density at radius 2 is 1.79 bits per heavy atom. The van der Waals surface area contributed by atoms with E-state index in [-0.39, 0.29) is 0 Å². The Morgan fingerprint density at radius 3 is 2.54 bits per heavy atom. The van der Waals surface area contributed by atoms with E-state index >= 15 is 0 Å². The molecule has 0 unspecified atom stereocenters. The van der Waals surface area contributed by atoms with Gasteiger partial charge in [-0.05, 0) is 24.3 Å². The normalized spacial score (nSPS) is 11.2. The van der Waals surface area contributed by atoms with Crippen molar-refractivity contribution in [3.05, 3.63) is 79.3 Å². The van der Waals surface area contributed by atoms with Gasteiger partial charge < -0.3 is 0 Å². The maximum atomic E-state index is 4.70. The SMILES string of the molecule is C(=N/n1cnnc1)/c1cn(-c2ccccc2)nc1-c1cccnc1. The van der Waals surface area contributed by atoms with E-state index in [9.17, 15) is 0 Å². The summed E-state index contributed by atoms with van der Waals surface area (Å²) in [6.45, 7) is 0. The molecule has 7 nitrogen and oxygen atoms in total. The zero-order valence-electron chi connectivity index (χ0n) is 12.6. The van der Waals surface area contributed by atoms with Crippen molar-refractivity contribution in [2.75, 3.05) is 0 Å². The smallest absolute Gasteiger partial charge is 0.141 e. The highest BCUT2D eigenvalue weighted by Gasteiger charge is 2.11. The highest BCUT2D eigenvalue weighted by Crippen LogP contribution is 2.21. The number of rotatable bonds is 4. The van der Waals surface area contributed by atoms with E-state index in [1.54, 1.807) is 18.6 Å². The summed E-state index contributed by atoms with van der Waals surface area (Å²) < 4.78 is 3.36. The lowest BCUT2D eigenvalue weighted by atomic mass is 10.1. The van der Waals surface area contributed by atoms with Crippen LogP contribution in [0.2, 0.25) is 0 Å². The first-order valence-electron chi connectivity index (χ1n) is 7.34. The topological polar surface area (TPSA) is 73.8 Å².